The number of hydrogen-bond donors (Lipinski definition) is 7. The number of aromatic hydroxyl groups is 2. The van der Waals surface area contributed by atoms with E-state index in [0.29, 0.717) is 5.56 Å². The molecular weight excluding hydrogens is 466 g/mol. The number of benzene rings is 1. The number of nitrogens with two attached hydrogens (primary N) is 1. The summed E-state index contributed by atoms with van der Waals surface area (Å²) >= 11 is 0.968. The highest BCUT2D eigenvalue weighted by molar-refractivity contribution is 7.99. The van der Waals surface area contributed by atoms with Crippen molar-refractivity contribution >= 4 is 41.6 Å². The average molecular weight is 498 g/mol. The van der Waals surface area contributed by atoms with Gasteiger partial charge in [0.05, 0.1) is 4.90 Å². The number of carbonyl (C=O) groups excluding carboxylic acids is 2. The van der Waals surface area contributed by atoms with E-state index in [1.165, 1.54) is 12.1 Å². The van der Waals surface area contributed by atoms with Gasteiger partial charge in [0.2, 0.25) is 11.8 Å². The summed E-state index contributed by atoms with van der Waals surface area (Å²) in [6.07, 6.45) is 6.03. The minimum absolute atomic E-state index is 0.0772. The van der Waals surface area contributed by atoms with Gasteiger partial charge in [-0.1, -0.05) is 31.9 Å². The van der Waals surface area contributed by atoms with Gasteiger partial charge in [-0.3, -0.25) is 19.2 Å². The van der Waals surface area contributed by atoms with Gasteiger partial charge in [-0.05, 0) is 25.0 Å². The summed E-state index contributed by atoms with van der Waals surface area (Å²) in [5.74, 6) is -4.27. The number of hydrogen-bond acceptors (Lipinski definition) is 8. The molecule has 8 N–H and O–H groups in total. The van der Waals surface area contributed by atoms with Gasteiger partial charge in [0.15, 0.2) is 0 Å². The third kappa shape index (κ3) is 10.6. The van der Waals surface area contributed by atoms with Gasteiger partial charge >= 0.3 is 11.9 Å². The summed E-state index contributed by atoms with van der Waals surface area (Å²) in [7, 11) is 0. The van der Waals surface area contributed by atoms with E-state index < -0.39 is 42.4 Å². The fourth-order valence-corrected chi connectivity index (χ4v) is 3.66. The van der Waals surface area contributed by atoms with Crippen LogP contribution >= 0.6 is 11.8 Å². The van der Waals surface area contributed by atoms with Crippen molar-refractivity contribution in [3.63, 3.8) is 0 Å². The minimum atomic E-state index is -1.27. The first-order valence-corrected chi connectivity index (χ1v) is 11.7. The normalized spacial score (nSPS) is 12.8. The number of carbonyl (C=O) groups is 4. The average Bonchev–Trinajstić information content (AvgIpc) is 2.78. The number of phenolic OH excluding ortho intramolecular Hbond substituents is 2. The Morgan fingerprint density at radius 3 is 2.47 bits per heavy atom. The van der Waals surface area contributed by atoms with Crippen LogP contribution in [0.15, 0.2) is 23.1 Å². The lowest BCUT2D eigenvalue weighted by Crippen LogP contribution is -2.49. The van der Waals surface area contributed by atoms with Crippen LogP contribution in [0.3, 0.4) is 0 Å². The maximum Gasteiger partial charge on any atom is 0.322 e. The lowest BCUT2D eigenvalue weighted by Gasteiger charge is -2.18. The monoisotopic (exact) mass is 497 g/mol. The molecule has 12 heteroatoms. The van der Waals surface area contributed by atoms with Crippen LogP contribution < -0.4 is 16.4 Å². The van der Waals surface area contributed by atoms with Crippen LogP contribution in [0.5, 0.6) is 11.5 Å². The molecule has 0 aliphatic carbocycles. The number of thioether (sulfide) groups is 1. The Labute approximate surface area is 201 Å². The highest BCUT2D eigenvalue weighted by atomic mass is 32.2. The molecule has 11 nitrogen and oxygen atoms in total. The molecular formula is C22H31N3O8S. The van der Waals surface area contributed by atoms with Crippen LogP contribution in [0, 0.1) is 0 Å². The van der Waals surface area contributed by atoms with Crippen molar-refractivity contribution < 1.29 is 39.6 Å². The highest BCUT2D eigenvalue weighted by Crippen LogP contribution is 2.35. The molecule has 0 aliphatic rings. The predicted octanol–water partition coefficient (Wildman–Crippen LogP) is 1.27. The molecule has 34 heavy (non-hydrogen) atoms. The molecule has 0 fully saturated rings. The third-order valence-corrected chi connectivity index (χ3v) is 5.74. The molecule has 0 aromatic heterocycles. The van der Waals surface area contributed by atoms with E-state index in [1.54, 1.807) is 6.08 Å². The number of rotatable bonds is 15. The molecule has 1 aromatic carbocycles. The van der Waals surface area contributed by atoms with Crippen molar-refractivity contribution in [2.75, 3.05) is 12.3 Å². The second-order valence-corrected chi connectivity index (χ2v) is 8.51. The number of phenols is 2. The van der Waals surface area contributed by atoms with E-state index >= 15 is 0 Å². The number of carboxylic acid groups (broad SMARTS) is 2. The molecule has 0 bridgehead atoms. The van der Waals surface area contributed by atoms with Gasteiger partial charge in [0.1, 0.15) is 30.1 Å². The largest absolute Gasteiger partial charge is 0.507 e. The van der Waals surface area contributed by atoms with Crippen LogP contribution in [0.2, 0.25) is 0 Å². The molecule has 0 aliphatic heterocycles. The van der Waals surface area contributed by atoms with E-state index in [2.05, 4.69) is 17.6 Å². The molecule has 0 spiro atoms. The number of allylic oxidation sites excluding steroid dienone is 1. The van der Waals surface area contributed by atoms with E-state index in [9.17, 15) is 29.4 Å². The SMILES string of the molecule is CCCCC=Cc1cc(O)c(SCC(NC(=O)CCC(N)C(=O)O)C(=O)NCC(=O)O)cc1O. The van der Waals surface area contributed by atoms with E-state index in [-0.39, 0.29) is 35.0 Å². The summed E-state index contributed by atoms with van der Waals surface area (Å²) < 4.78 is 0. The van der Waals surface area contributed by atoms with Crippen molar-refractivity contribution in [2.45, 2.75) is 56.0 Å². The van der Waals surface area contributed by atoms with Crippen molar-refractivity contribution in [3.05, 3.63) is 23.8 Å². The number of amides is 2. The molecule has 188 valence electrons. The molecule has 2 amide bonds. The van der Waals surface area contributed by atoms with E-state index in [0.717, 1.165) is 31.0 Å². The molecule has 0 saturated carbocycles. The topological polar surface area (TPSA) is 199 Å². The molecule has 0 radical (unpaired) electrons. The standard InChI is InChI=1S/C22H31N3O8S/c1-2-3-4-5-6-13-9-17(27)18(10-16(13)26)34-12-15(21(31)24-11-20(29)30)25-19(28)8-7-14(23)22(32)33/h5-6,9-10,14-15,26-27H,2-4,7-8,11-12,23H2,1H3,(H,24,31)(H,25,28)(H,29,30)(H,32,33). The molecule has 0 saturated heterocycles. The minimum Gasteiger partial charge on any atom is -0.507 e. The van der Waals surface area contributed by atoms with Crippen molar-refractivity contribution in [3.8, 4) is 11.5 Å². The molecule has 2 atom stereocenters. The molecule has 0 heterocycles. The Hall–Kier alpha value is -3.25. The smallest absolute Gasteiger partial charge is 0.322 e. The van der Waals surface area contributed by atoms with Crippen LogP contribution in [-0.4, -0.2) is 68.6 Å². The van der Waals surface area contributed by atoms with Gasteiger partial charge in [0, 0.05) is 17.7 Å². The van der Waals surface area contributed by atoms with Gasteiger partial charge in [-0.25, -0.2) is 0 Å². The van der Waals surface area contributed by atoms with Crippen LogP contribution in [-0.2, 0) is 19.2 Å². The molecule has 2 unspecified atom stereocenters. The van der Waals surface area contributed by atoms with Gasteiger partial charge in [-0.2, -0.15) is 0 Å². The lowest BCUT2D eigenvalue weighted by molar-refractivity contribution is -0.139. The maximum absolute atomic E-state index is 12.4. The van der Waals surface area contributed by atoms with Crippen LogP contribution in [0.25, 0.3) is 6.08 Å². The van der Waals surface area contributed by atoms with Crippen molar-refractivity contribution in [1.82, 2.24) is 10.6 Å². The van der Waals surface area contributed by atoms with E-state index in [4.69, 9.17) is 15.9 Å². The number of aliphatic carboxylic acids is 2. The number of nitrogens with one attached hydrogen (secondary N) is 2. The fraction of sp³-hybridized carbons (Fsp3) is 0.455. The Balaban J connectivity index is 2.88. The zero-order valence-corrected chi connectivity index (χ0v) is 19.6. The summed E-state index contributed by atoms with van der Waals surface area (Å²) in [6.45, 7) is 1.40. The summed E-state index contributed by atoms with van der Waals surface area (Å²) in [5, 5.41) is 42.8. The number of carboxylic acids is 2. The zero-order chi connectivity index (χ0) is 25.7. The maximum atomic E-state index is 12.4. The van der Waals surface area contributed by atoms with E-state index in [1.807, 2.05) is 6.08 Å². The van der Waals surface area contributed by atoms with Crippen LogP contribution in [0.4, 0.5) is 0 Å². The van der Waals surface area contributed by atoms with Crippen molar-refractivity contribution in [1.29, 1.82) is 0 Å². The Bertz CT molecular complexity index is 906. The predicted molar refractivity (Wildman–Crippen MR) is 126 cm³/mol. The Morgan fingerprint density at radius 2 is 1.85 bits per heavy atom. The Morgan fingerprint density at radius 1 is 1.15 bits per heavy atom. The second-order valence-electron chi connectivity index (χ2n) is 7.45. The first-order chi connectivity index (χ1) is 16.0. The Kier molecular flexibility index (Phi) is 12.5. The number of unbranched alkanes of at least 4 members (excludes halogenated alkanes) is 2. The first-order valence-electron chi connectivity index (χ1n) is 10.7. The third-order valence-electron chi connectivity index (χ3n) is 4.60. The van der Waals surface area contributed by atoms with Gasteiger partial charge in [0.25, 0.3) is 0 Å². The highest BCUT2D eigenvalue weighted by Gasteiger charge is 2.23. The van der Waals surface area contributed by atoms with Crippen molar-refractivity contribution in [2.24, 2.45) is 5.73 Å². The van der Waals surface area contributed by atoms with Gasteiger partial charge < -0.3 is 36.8 Å². The quantitative estimate of drug-likeness (QED) is 0.105. The first kappa shape index (κ1) is 28.8. The summed E-state index contributed by atoms with van der Waals surface area (Å²) in [6, 6.07) is 0.284. The van der Waals surface area contributed by atoms with Crippen LogP contribution in [0.1, 0.15) is 44.6 Å². The summed E-state index contributed by atoms with van der Waals surface area (Å²) in [4.78, 5) is 46.4. The zero-order valence-electron chi connectivity index (χ0n) is 18.8. The second kappa shape index (κ2) is 14.8. The lowest BCUT2D eigenvalue weighted by atomic mass is 10.1. The van der Waals surface area contributed by atoms with Gasteiger partial charge in [-0.15, -0.1) is 11.8 Å². The molecule has 1 aromatic rings. The summed E-state index contributed by atoms with van der Waals surface area (Å²) in [5.41, 5.74) is 5.80. The molecule has 1 rings (SSSR count). The fourth-order valence-electron chi connectivity index (χ4n) is 2.67.